The number of carbonyl (C=O) groups excluding carboxylic acids is 1. The first-order chi connectivity index (χ1) is 6.31. The number of nitrogens with zero attached hydrogens (tertiary/aromatic N) is 1. The number of hydrogen-bond donors (Lipinski definition) is 0. The van der Waals surface area contributed by atoms with Gasteiger partial charge in [0.2, 0.25) is 0 Å². The minimum Gasteiger partial charge on any atom is -0.469 e. The predicted octanol–water partition coefficient (Wildman–Crippen LogP) is 1.03. The lowest BCUT2D eigenvalue weighted by atomic mass is 9.93. The highest BCUT2D eigenvalue weighted by atomic mass is 16.5. The maximum absolute atomic E-state index is 11.3. The molecule has 2 aliphatic rings. The van der Waals surface area contributed by atoms with Crippen molar-refractivity contribution in [1.82, 2.24) is 4.90 Å². The van der Waals surface area contributed by atoms with Crippen LogP contribution in [0.5, 0.6) is 0 Å². The van der Waals surface area contributed by atoms with E-state index in [1.54, 1.807) is 0 Å². The van der Waals surface area contributed by atoms with Crippen molar-refractivity contribution in [3.8, 4) is 0 Å². The van der Waals surface area contributed by atoms with Crippen LogP contribution in [0.4, 0.5) is 0 Å². The van der Waals surface area contributed by atoms with Gasteiger partial charge in [-0.3, -0.25) is 9.69 Å². The highest BCUT2D eigenvalue weighted by molar-refractivity contribution is 5.72. The summed E-state index contributed by atoms with van der Waals surface area (Å²) < 4.78 is 4.77. The van der Waals surface area contributed by atoms with Crippen LogP contribution < -0.4 is 0 Å². The largest absolute Gasteiger partial charge is 0.469 e. The number of rotatable bonds is 1. The van der Waals surface area contributed by atoms with E-state index in [4.69, 9.17) is 4.74 Å². The Bertz CT molecular complexity index is 205. The lowest BCUT2D eigenvalue weighted by Gasteiger charge is -2.33. The van der Waals surface area contributed by atoms with Gasteiger partial charge in [-0.1, -0.05) is 0 Å². The maximum Gasteiger partial charge on any atom is 0.309 e. The van der Waals surface area contributed by atoms with Crippen LogP contribution in [0.15, 0.2) is 0 Å². The van der Waals surface area contributed by atoms with Crippen molar-refractivity contribution in [2.24, 2.45) is 5.92 Å². The lowest BCUT2D eigenvalue weighted by Crippen LogP contribution is -2.42. The van der Waals surface area contributed by atoms with Crippen molar-refractivity contribution < 1.29 is 9.53 Å². The third kappa shape index (κ3) is 1.70. The molecule has 0 aromatic carbocycles. The fourth-order valence-electron chi connectivity index (χ4n) is 2.59. The van der Waals surface area contributed by atoms with Gasteiger partial charge in [-0.25, -0.2) is 0 Å². The Morgan fingerprint density at radius 2 is 2.23 bits per heavy atom. The van der Waals surface area contributed by atoms with Crippen LogP contribution in [-0.2, 0) is 9.53 Å². The molecule has 2 unspecified atom stereocenters. The molecule has 0 amide bonds. The molecule has 0 bridgehead atoms. The van der Waals surface area contributed by atoms with E-state index < -0.39 is 0 Å². The summed E-state index contributed by atoms with van der Waals surface area (Å²) in [6.45, 7) is 2.11. The molecule has 13 heavy (non-hydrogen) atoms. The zero-order valence-electron chi connectivity index (χ0n) is 8.16. The van der Waals surface area contributed by atoms with Crippen molar-refractivity contribution >= 4 is 5.97 Å². The van der Waals surface area contributed by atoms with E-state index in [2.05, 4.69) is 4.90 Å². The number of ether oxygens (including phenoxy) is 1. The average molecular weight is 183 g/mol. The fraction of sp³-hybridized carbons (Fsp3) is 0.900. The van der Waals surface area contributed by atoms with Crippen LogP contribution in [0.25, 0.3) is 0 Å². The highest BCUT2D eigenvalue weighted by Crippen LogP contribution is 2.29. The Hall–Kier alpha value is -0.570. The first-order valence-corrected chi connectivity index (χ1v) is 5.13. The SMILES string of the molecule is COC(=O)C1CCC2CCCN2C1. The quantitative estimate of drug-likeness (QED) is 0.569. The van der Waals surface area contributed by atoms with Gasteiger partial charge in [0, 0.05) is 12.6 Å². The first kappa shape index (κ1) is 9.00. The summed E-state index contributed by atoms with van der Waals surface area (Å²) in [4.78, 5) is 13.8. The molecule has 2 saturated heterocycles. The summed E-state index contributed by atoms with van der Waals surface area (Å²) in [6, 6.07) is 0.765. The van der Waals surface area contributed by atoms with Gasteiger partial charge in [0.25, 0.3) is 0 Å². The van der Waals surface area contributed by atoms with Gasteiger partial charge < -0.3 is 4.74 Å². The first-order valence-electron chi connectivity index (χ1n) is 5.13. The molecule has 3 heteroatoms. The number of fused-ring (bicyclic) bond motifs is 1. The molecule has 0 aliphatic carbocycles. The molecule has 0 aromatic rings. The molecule has 0 saturated carbocycles. The van der Waals surface area contributed by atoms with Crippen molar-refractivity contribution in [2.75, 3.05) is 20.2 Å². The van der Waals surface area contributed by atoms with Crippen LogP contribution >= 0.6 is 0 Å². The summed E-state index contributed by atoms with van der Waals surface area (Å²) in [6.07, 6.45) is 4.83. The zero-order chi connectivity index (χ0) is 9.26. The van der Waals surface area contributed by atoms with Crippen LogP contribution in [0.1, 0.15) is 25.7 Å². The van der Waals surface area contributed by atoms with E-state index in [0.29, 0.717) is 0 Å². The van der Waals surface area contributed by atoms with Gasteiger partial charge in [-0.05, 0) is 32.2 Å². The van der Waals surface area contributed by atoms with E-state index in [9.17, 15) is 4.79 Å². The van der Waals surface area contributed by atoms with Crippen molar-refractivity contribution in [2.45, 2.75) is 31.7 Å². The Labute approximate surface area is 79.0 Å². The Morgan fingerprint density at radius 3 is 3.00 bits per heavy atom. The summed E-state index contributed by atoms with van der Waals surface area (Å²) in [5.74, 6) is 0.115. The highest BCUT2D eigenvalue weighted by Gasteiger charge is 2.34. The van der Waals surface area contributed by atoms with E-state index in [1.807, 2.05) is 0 Å². The molecule has 0 N–H and O–H groups in total. The number of carbonyl (C=O) groups is 1. The molecule has 2 atom stereocenters. The molecule has 74 valence electrons. The van der Waals surface area contributed by atoms with E-state index in [0.717, 1.165) is 19.0 Å². The average Bonchev–Trinajstić information content (AvgIpc) is 2.63. The van der Waals surface area contributed by atoms with E-state index >= 15 is 0 Å². The lowest BCUT2D eigenvalue weighted by molar-refractivity contribution is -0.147. The Kier molecular flexibility index (Phi) is 2.54. The molecule has 2 heterocycles. The summed E-state index contributed by atoms with van der Waals surface area (Å²) in [5, 5.41) is 0. The molecular weight excluding hydrogens is 166 g/mol. The van der Waals surface area contributed by atoms with Gasteiger partial charge >= 0.3 is 5.97 Å². The molecule has 0 aromatic heterocycles. The number of piperidine rings is 1. The summed E-state index contributed by atoms with van der Waals surface area (Å²) >= 11 is 0. The summed E-state index contributed by atoms with van der Waals surface area (Å²) in [5.41, 5.74) is 0. The van der Waals surface area contributed by atoms with Gasteiger partial charge in [0.1, 0.15) is 0 Å². The molecular formula is C10H17NO2. The molecule has 0 spiro atoms. The monoisotopic (exact) mass is 183 g/mol. The van der Waals surface area contributed by atoms with Crippen molar-refractivity contribution in [3.05, 3.63) is 0 Å². The van der Waals surface area contributed by atoms with Gasteiger partial charge in [0.05, 0.1) is 13.0 Å². The van der Waals surface area contributed by atoms with Crippen molar-refractivity contribution in [1.29, 1.82) is 0 Å². The number of methoxy groups -OCH3 is 1. The van der Waals surface area contributed by atoms with Gasteiger partial charge in [-0.15, -0.1) is 0 Å². The molecule has 2 fully saturated rings. The maximum atomic E-state index is 11.3. The zero-order valence-corrected chi connectivity index (χ0v) is 8.16. The normalized spacial score (nSPS) is 34.2. The minimum atomic E-state index is -0.0228. The standard InChI is InChI=1S/C10H17NO2/c1-13-10(12)8-4-5-9-3-2-6-11(9)7-8/h8-9H,2-7H2,1H3. The van der Waals surface area contributed by atoms with Crippen molar-refractivity contribution in [3.63, 3.8) is 0 Å². The van der Waals surface area contributed by atoms with Crippen LogP contribution in [0.3, 0.4) is 0 Å². The van der Waals surface area contributed by atoms with Crippen LogP contribution in [0.2, 0.25) is 0 Å². The van der Waals surface area contributed by atoms with Gasteiger partial charge in [-0.2, -0.15) is 0 Å². The Balaban J connectivity index is 1.93. The third-order valence-electron chi connectivity index (χ3n) is 3.34. The Morgan fingerprint density at radius 1 is 1.38 bits per heavy atom. The van der Waals surface area contributed by atoms with Crippen LogP contribution in [-0.4, -0.2) is 37.1 Å². The van der Waals surface area contributed by atoms with Crippen LogP contribution in [0, 0.1) is 5.92 Å². The second-order valence-electron chi connectivity index (χ2n) is 4.09. The topological polar surface area (TPSA) is 29.5 Å². The van der Waals surface area contributed by atoms with E-state index in [-0.39, 0.29) is 11.9 Å². The summed E-state index contributed by atoms with van der Waals surface area (Å²) in [7, 11) is 1.48. The number of esters is 1. The van der Waals surface area contributed by atoms with E-state index in [1.165, 1.54) is 32.9 Å². The molecule has 2 aliphatic heterocycles. The third-order valence-corrected chi connectivity index (χ3v) is 3.34. The molecule has 2 rings (SSSR count). The fourth-order valence-corrected chi connectivity index (χ4v) is 2.59. The molecule has 3 nitrogen and oxygen atoms in total. The van der Waals surface area contributed by atoms with Gasteiger partial charge in [0.15, 0.2) is 0 Å². The molecule has 0 radical (unpaired) electrons. The minimum absolute atomic E-state index is 0.0228. The second kappa shape index (κ2) is 3.66. The predicted molar refractivity (Wildman–Crippen MR) is 49.3 cm³/mol. The number of hydrogen-bond acceptors (Lipinski definition) is 3. The smallest absolute Gasteiger partial charge is 0.309 e. The second-order valence-corrected chi connectivity index (χ2v) is 4.09.